The molecule has 0 bridgehead atoms. The Morgan fingerprint density at radius 3 is 2.89 bits per heavy atom. The van der Waals surface area contributed by atoms with E-state index < -0.39 is 0 Å². The van der Waals surface area contributed by atoms with E-state index in [0.717, 1.165) is 41.9 Å². The maximum Gasteiger partial charge on any atom is 0.156 e. The molecule has 2 aromatic rings. The normalized spacial score (nSPS) is 18.9. The van der Waals surface area contributed by atoms with Crippen molar-refractivity contribution in [3.05, 3.63) is 30.0 Å². The fraction of sp³-hybridized carbons (Fsp3) is 0.467. The highest BCUT2D eigenvalue weighted by Crippen LogP contribution is 2.22. The largest absolute Gasteiger partial charge is 0.378 e. The number of fused-ring (bicyclic) bond motifs is 1. The highest BCUT2D eigenvalue weighted by Gasteiger charge is 2.15. The van der Waals surface area contributed by atoms with Crippen LogP contribution < -0.4 is 5.32 Å². The van der Waals surface area contributed by atoms with Gasteiger partial charge >= 0.3 is 0 Å². The average molecular weight is 257 g/mol. The maximum atomic E-state index is 5.62. The molecule has 0 aliphatic carbocycles. The van der Waals surface area contributed by atoms with Crippen LogP contribution in [0, 0.1) is 6.92 Å². The molecule has 0 amide bonds. The molecule has 0 radical (unpaired) electrons. The van der Waals surface area contributed by atoms with Crippen LogP contribution in [-0.2, 0) is 4.74 Å². The van der Waals surface area contributed by atoms with Gasteiger partial charge in [0.15, 0.2) is 5.82 Å². The SMILES string of the molecule is Cc1nnc(NCCC2CCCO2)c2ccccc12. The summed E-state index contributed by atoms with van der Waals surface area (Å²) in [6.07, 6.45) is 3.82. The number of ether oxygens (including phenoxy) is 1. The van der Waals surface area contributed by atoms with Gasteiger partial charge < -0.3 is 10.1 Å². The molecule has 1 aromatic carbocycles. The molecule has 1 aliphatic rings. The van der Waals surface area contributed by atoms with Crippen LogP contribution in [0.3, 0.4) is 0 Å². The van der Waals surface area contributed by atoms with Crippen molar-refractivity contribution in [1.82, 2.24) is 10.2 Å². The standard InChI is InChI=1S/C15H19N3O/c1-11-13-6-2-3-7-14(13)15(18-17-11)16-9-8-12-5-4-10-19-12/h2-3,6-7,12H,4-5,8-10H2,1H3,(H,16,18). The zero-order chi connectivity index (χ0) is 13.1. The molecule has 4 nitrogen and oxygen atoms in total. The molecule has 0 saturated carbocycles. The first-order valence-corrected chi connectivity index (χ1v) is 6.92. The van der Waals surface area contributed by atoms with E-state index in [1.165, 1.54) is 12.8 Å². The number of hydrogen-bond donors (Lipinski definition) is 1. The van der Waals surface area contributed by atoms with Crippen LogP contribution in [0.1, 0.15) is 25.0 Å². The van der Waals surface area contributed by atoms with Gasteiger partial charge in [0.1, 0.15) is 0 Å². The lowest BCUT2D eigenvalue weighted by Crippen LogP contribution is -2.13. The second kappa shape index (κ2) is 5.53. The van der Waals surface area contributed by atoms with Gasteiger partial charge in [-0.15, -0.1) is 5.10 Å². The van der Waals surface area contributed by atoms with Crippen LogP contribution >= 0.6 is 0 Å². The molecule has 100 valence electrons. The summed E-state index contributed by atoms with van der Waals surface area (Å²) >= 11 is 0. The van der Waals surface area contributed by atoms with Gasteiger partial charge in [0.2, 0.25) is 0 Å². The van der Waals surface area contributed by atoms with Crippen LogP contribution in [0.4, 0.5) is 5.82 Å². The first-order valence-electron chi connectivity index (χ1n) is 6.92. The minimum absolute atomic E-state index is 0.414. The van der Waals surface area contributed by atoms with E-state index in [-0.39, 0.29) is 0 Å². The minimum Gasteiger partial charge on any atom is -0.378 e. The van der Waals surface area contributed by atoms with E-state index in [2.05, 4.69) is 27.6 Å². The number of rotatable bonds is 4. The Kier molecular flexibility index (Phi) is 3.60. The Bertz CT molecular complexity index is 564. The third-order valence-electron chi connectivity index (χ3n) is 3.65. The van der Waals surface area contributed by atoms with Crippen molar-refractivity contribution in [2.75, 3.05) is 18.5 Å². The Balaban J connectivity index is 1.72. The highest BCUT2D eigenvalue weighted by atomic mass is 16.5. The average Bonchev–Trinajstić information content (AvgIpc) is 2.95. The number of aryl methyl sites for hydroxylation is 1. The fourth-order valence-corrected chi connectivity index (χ4v) is 2.59. The molecule has 1 fully saturated rings. The number of aromatic nitrogens is 2. The van der Waals surface area contributed by atoms with E-state index in [1.54, 1.807) is 0 Å². The van der Waals surface area contributed by atoms with Crippen LogP contribution in [0.25, 0.3) is 10.8 Å². The number of hydrogen-bond acceptors (Lipinski definition) is 4. The molecule has 3 rings (SSSR count). The molecule has 2 heterocycles. The van der Waals surface area contributed by atoms with E-state index in [1.807, 2.05) is 19.1 Å². The summed E-state index contributed by atoms with van der Waals surface area (Å²) in [6.45, 7) is 3.79. The summed E-state index contributed by atoms with van der Waals surface area (Å²) in [6, 6.07) is 8.25. The zero-order valence-electron chi connectivity index (χ0n) is 11.2. The van der Waals surface area contributed by atoms with Gasteiger partial charge in [-0.1, -0.05) is 24.3 Å². The fourth-order valence-electron chi connectivity index (χ4n) is 2.59. The van der Waals surface area contributed by atoms with Gasteiger partial charge in [-0.2, -0.15) is 5.10 Å². The predicted octanol–water partition coefficient (Wildman–Crippen LogP) is 2.92. The van der Waals surface area contributed by atoms with Gasteiger partial charge in [-0.05, 0) is 26.2 Å². The molecule has 1 unspecified atom stereocenters. The quantitative estimate of drug-likeness (QED) is 0.914. The number of anilines is 1. The smallest absolute Gasteiger partial charge is 0.156 e. The van der Waals surface area contributed by atoms with Crippen LogP contribution in [-0.4, -0.2) is 29.5 Å². The van der Waals surface area contributed by atoms with Crippen molar-refractivity contribution in [3.8, 4) is 0 Å². The van der Waals surface area contributed by atoms with Gasteiger partial charge in [0, 0.05) is 23.9 Å². The molecule has 19 heavy (non-hydrogen) atoms. The zero-order valence-corrected chi connectivity index (χ0v) is 11.2. The number of nitrogens with zero attached hydrogens (tertiary/aromatic N) is 2. The second-order valence-electron chi connectivity index (χ2n) is 5.03. The van der Waals surface area contributed by atoms with Gasteiger partial charge in [-0.25, -0.2) is 0 Å². The van der Waals surface area contributed by atoms with Crippen LogP contribution in [0.5, 0.6) is 0 Å². The van der Waals surface area contributed by atoms with Crippen molar-refractivity contribution < 1.29 is 4.74 Å². The summed E-state index contributed by atoms with van der Waals surface area (Å²) in [7, 11) is 0. The molecule has 1 atom stereocenters. The molecule has 1 aliphatic heterocycles. The Morgan fingerprint density at radius 1 is 1.26 bits per heavy atom. The molecular weight excluding hydrogens is 238 g/mol. The van der Waals surface area contributed by atoms with Crippen LogP contribution in [0.2, 0.25) is 0 Å². The molecular formula is C15H19N3O. The Labute approximate surface area is 113 Å². The van der Waals surface area contributed by atoms with Crippen molar-refractivity contribution in [1.29, 1.82) is 0 Å². The third-order valence-corrected chi connectivity index (χ3v) is 3.65. The maximum absolute atomic E-state index is 5.62. The lowest BCUT2D eigenvalue weighted by atomic mass is 10.1. The van der Waals surface area contributed by atoms with Gasteiger partial charge in [0.25, 0.3) is 0 Å². The second-order valence-corrected chi connectivity index (χ2v) is 5.03. The van der Waals surface area contributed by atoms with Crippen molar-refractivity contribution in [2.45, 2.75) is 32.3 Å². The van der Waals surface area contributed by atoms with E-state index in [4.69, 9.17) is 4.74 Å². The summed E-state index contributed by atoms with van der Waals surface area (Å²) in [5, 5.41) is 14.2. The first-order chi connectivity index (χ1) is 9.34. The minimum atomic E-state index is 0.414. The van der Waals surface area contributed by atoms with Gasteiger partial charge in [-0.3, -0.25) is 0 Å². The van der Waals surface area contributed by atoms with E-state index in [9.17, 15) is 0 Å². The molecule has 1 saturated heterocycles. The lowest BCUT2D eigenvalue weighted by Gasteiger charge is -2.12. The van der Waals surface area contributed by atoms with Crippen molar-refractivity contribution >= 4 is 16.6 Å². The Morgan fingerprint density at radius 2 is 2.11 bits per heavy atom. The third kappa shape index (κ3) is 2.68. The summed E-state index contributed by atoms with van der Waals surface area (Å²) in [5.41, 5.74) is 0.972. The van der Waals surface area contributed by atoms with Crippen LogP contribution in [0.15, 0.2) is 24.3 Å². The van der Waals surface area contributed by atoms with Crippen molar-refractivity contribution in [2.24, 2.45) is 0 Å². The molecule has 1 N–H and O–H groups in total. The first kappa shape index (κ1) is 12.4. The number of nitrogens with one attached hydrogen (secondary N) is 1. The van der Waals surface area contributed by atoms with Crippen molar-refractivity contribution in [3.63, 3.8) is 0 Å². The molecule has 0 spiro atoms. The Hall–Kier alpha value is -1.68. The number of benzene rings is 1. The molecule has 4 heteroatoms. The highest BCUT2D eigenvalue weighted by molar-refractivity contribution is 5.92. The monoisotopic (exact) mass is 257 g/mol. The van der Waals surface area contributed by atoms with E-state index in [0.29, 0.717) is 6.10 Å². The van der Waals surface area contributed by atoms with E-state index >= 15 is 0 Å². The summed E-state index contributed by atoms with van der Waals surface area (Å²) < 4.78 is 5.62. The summed E-state index contributed by atoms with van der Waals surface area (Å²) in [4.78, 5) is 0. The van der Waals surface area contributed by atoms with Gasteiger partial charge in [0.05, 0.1) is 11.8 Å². The predicted molar refractivity (Wildman–Crippen MR) is 76.4 cm³/mol. The lowest BCUT2D eigenvalue weighted by molar-refractivity contribution is 0.107. The topological polar surface area (TPSA) is 47.0 Å². The molecule has 1 aromatic heterocycles. The summed E-state index contributed by atoms with van der Waals surface area (Å²) in [5.74, 6) is 0.874.